The first-order chi connectivity index (χ1) is 12.8. The van der Waals surface area contributed by atoms with Crippen LogP contribution in [0.4, 0.5) is 0 Å². The Kier molecular flexibility index (Phi) is 6.04. The molecule has 0 aliphatic heterocycles. The first-order valence-corrected chi connectivity index (χ1v) is 9.83. The van der Waals surface area contributed by atoms with Gasteiger partial charge in [-0.15, -0.1) is 16.4 Å². The van der Waals surface area contributed by atoms with E-state index in [2.05, 4.69) is 5.10 Å². The number of benzene rings is 1. The molecule has 0 saturated heterocycles. The summed E-state index contributed by atoms with van der Waals surface area (Å²) in [6, 6.07) is 7.42. The monoisotopic (exact) mass is 408 g/mol. The fourth-order valence-corrected chi connectivity index (χ4v) is 3.42. The summed E-state index contributed by atoms with van der Waals surface area (Å²) in [6.07, 6.45) is -0.917. The van der Waals surface area contributed by atoms with Gasteiger partial charge < -0.3 is 14.3 Å². The molecule has 1 aromatic carbocycles. The van der Waals surface area contributed by atoms with Gasteiger partial charge in [0.05, 0.1) is 11.4 Å². The van der Waals surface area contributed by atoms with Gasteiger partial charge in [-0.1, -0.05) is 31.5 Å². The highest BCUT2D eigenvalue weighted by Gasteiger charge is 2.17. The normalized spacial score (nSPS) is 12.5. The van der Waals surface area contributed by atoms with Crippen molar-refractivity contribution in [2.45, 2.75) is 39.3 Å². The van der Waals surface area contributed by atoms with Crippen LogP contribution < -0.4 is 10.5 Å². The van der Waals surface area contributed by atoms with Crippen molar-refractivity contribution in [3.8, 4) is 16.5 Å². The molecule has 2 aromatic heterocycles. The number of ether oxygens (including phenoxy) is 1. The molecule has 0 aliphatic carbocycles. The van der Waals surface area contributed by atoms with E-state index < -0.39 is 11.9 Å². The van der Waals surface area contributed by atoms with Crippen LogP contribution in [0.15, 0.2) is 38.9 Å². The van der Waals surface area contributed by atoms with E-state index in [1.54, 1.807) is 0 Å². The maximum atomic E-state index is 11.9. The first-order valence-electron chi connectivity index (χ1n) is 8.58. The van der Waals surface area contributed by atoms with E-state index in [0.717, 1.165) is 20.7 Å². The van der Waals surface area contributed by atoms with Gasteiger partial charge in [0.2, 0.25) is 0 Å². The van der Waals surface area contributed by atoms with Gasteiger partial charge in [0, 0.05) is 5.02 Å². The van der Waals surface area contributed by atoms with Crippen molar-refractivity contribution < 1.29 is 14.3 Å². The summed E-state index contributed by atoms with van der Waals surface area (Å²) >= 11 is 7.63. The number of hydrogen-bond acceptors (Lipinski definition) is 6. The third kappa shape index (κ3) is 4.61. The SMILES string of the molecule is Cc1cc(OCC(O)Cn2nc(-c3cccs3)oc2=O)c(C(C)C)cc1Cl. The van der Waals surface area contributed by atoms with E-state index in [9.17, 15) is 9.90 Å². The average Bonchev–Trinajstić information content (AvgIpc) is 3.26. The fraction of sp³-hybridized carbons (Fsp3) is 0.368. The van der Waals surface area contributed by atoms with Gasteiger partial charge in [-0.25, -0.2) is 4.79 Å². The third-order valence-corrected chi connectivity index (χ3v) is 5.33. The zero-order chi connectivity index (χ0) is 19.6. The average molecular weight is 409 g/mol. The molecule has 0 saturated carbocycles. The molecule has 6 nitrogen and oxygen atoms in total. The second kappa shape index (κ2) is 8.29. The van der Waals surface area contributed by atoms with E-state index in [1.807, 2.05) is 50.4 Å². The van der Waals surface area contributed by atoms with E-state index in [-0.39, 0.29) is 25.0 Å². The Balaban J connectivity index is 1.68. The van der Waals surface area contributed by atoms with Crippen LogP contribution in [0, 0.1) is 6.92 Å². The number of aromatic nitrogens is 2. The summed E-state index contributed by atoms with van der Waals surface area (Å²) in [4.78, 5) is 12.7. The third-order valence-electron chi connectivity index (χ3n) is 4.07. The molecule has 0 fully saturated rings. The molecule has 3 rings (SSSR count). The zero-order valence-corrected chi connectivity index (χ0v) is 16.9. The van der Waals surface area contributed by atoms with Crippen LogP contribution in [0.25, 0.3) is 10.8 Å². The van der Waals surface area contributed by atoms with E-state index in [1.165, 1.54) is 11.3 Å². The van der Waals surface area contributed by atoms with E-state index >= 15 is 0 Å². The molecular weight excluding hydrogens is 388 g/mol. The number of halogens is 1. The lowest BCUT2D eigenvalue weighted by molar-refractivity contribution is 0.0869. The van der Waals surface area contributed by atoms with Crippen molar-refractivity contribution in [1.82, 2.24) is 9.78 Å². The Morgan fingerprint density at radius 2 is 2.19 bits per heavy atom. The summed E-state index contributed by atoms with van der Waals surface area (Å²) in [7, 11) is 0. The second-order valence-electron chi connectivity index (χ2n) is 6.59. The smallest absolute Gasteiger partial charge is 0.437 e. The number of aliphatic hydroxyl groups is 1. The molecule has 1 unspecified atom stereocenters. The predicted molar refractivity (Wildman–Crippen MR) is 106 cm³/mol. The molecule has 1 N–H and O–H groups in total. The second-order valence-corrected chi connectivity index (χ2v) is 7.95. The minimum atomic E-state index is -0.917. The van der Waals surface area contributed by atoms with Crippen LogP contribution in [0.1, 0.15) is 30.9 Å². The standard InChI is InChI=1S/C19H21ClN2O4S/c1-11(2)14-8-15(20)12(3)7-16(14)25-10-13(23)9-22-19(24)26-18(21-22)17-5-4-6-27-17/h4-8,11,13,23H,9-10H2,1-3H3. The maximum Gasteiger partial charge on any atom is 0.437 e. The molecule has 0 spiro atoms. The summed E-state index contributed by atoms with van der Waals surface area (Å²) in [6.45, 7) is 6.00. The molecule has 1 atom stereocenters. The van der Waals surface area contributed by atoms with Gasteiger partial charge in [-0.05, 0) is 47.5 Å². The number of hydrogen-bond donors (Lipinski definition) is 1. The molecule has 3 aromatic rings. The molecular formula is C19H21ClN2O4S. The fourth-order valence-electron chi connectivity index (χ4n) is 2.61. The quantitative estimate of drug-likeness (QED) is 0.637. The molecule has 144 valence electrons. The molecule has 0 aliphatic rings. The molecule has 8 heteroatoms. The van der Waals surface area contributed by atoms with Crippen LogP contribution in [0.3, 0.4) is 0 Å². The lowest BCUT2D eigenvalue weighted by Gasteiger charge is -2.18. The highest BCUT2D eigenvalue weighted by Crippen LogP contribution is 2.32. The van der Waals surface area contributed by atoms with Crippen molar-refractivity contribution >= 4 is 22.9 Å². The minimum absolute atomic E-state index is 0.0166. The van der Waals surface area contributed by atoms with Crippen molar-refractivity contribution in [2.75, 3.05) is 6.61 Å². The van der Waals surface area contributed by atoms with Gasteiger partial charge >= 0.3 is 5.76 Å². The van der Waals surface area contributed by atoms with Crippen molar-refractivity contribution in [3.05, 3.63) is 56.3 Å². The maximum absolute atomic E-state index is 11.9. The minimum Gasteiger partial charge on any atom is -0.491 e. The Morgan fingerprint density at radius 3 is 2.85 bits per heavy atom. The van der Waals surface area contributed by atoms with E-state index in [4.69, 9.17) is 20.8 Å². The van der Waals surface area contributed by atoms with Gasteiger partial charge in [0.15, 0.2) is 0 Å². The molecule has 0 bridgehead atoms. The van der Waals surface area contributed by atoms with Gasteiger partial charge in [0.25, 0.3) is 5.89 Å². The Bertz CT molecular complexity index is 963. The van der Waals surface area contributed by atoms with Crippen LogP contribution >= 0.6 is 22.9 Å². The highest BCUT2D eigenvalue weighted by atomic mass is 35.5. The molecule has 27 heavy (non-hydrogen) atoms. The summed E-state index contributed by atoms with van der Waals surface area (Å²) in [5.74, 6) is 0.542. The summed E-state index contributed by atoms with van der Waals surface area (Å²) in [5.41, 5.74) is 1.87. The first kappa shape index (κ1) is 19.7. The Labute approximate surface area is 166 Å². The van der Waals surface area contributed by atoms with Gasteiger partial charge in [-0.2, -0.15) is 4.68 Å². The number of thiophene rings is 1. The van der Waals surface area contributed by atoms with Crippen LogP contribution in [0.2, 0.25) is 5.02 Å². The largest absolute Gasteiger partial charge is 0.491 e. The Hall–Kier alpha value is -2.09. The van der Waals surface area contributed by atoms with Crippen molar-refractivity contribution in [3.63, 3.8) is 0 Å². The Morgan fingerprint density at radius 1 is 1.41 bits per heavy atom. The summed E-state index contributed by atoms with van der Waals surface area (Å²) in [5, 5.41) is 17.0. The number of aryl methyl sites for hydroxylation is 1. The number of nitrogens with zero attached hydrogens (tertiary/aromatic N) is 2. The van der Waals surface area contributed by atoms with Crippen molar-refractivity contribution in [1.29, 1.82) is 0 Å². The number of rotatable bonds is 7. The van der Waals surface area contributed by atoms with Gasteiger partial charge in [0.1, 0.15) is 18.5 Å². The van der Waals surface area contributed by atoms with Crippen LogP contribution in [-0.2, 0) is 6.54 Å². The topological polar surface area (TPSA) is 77.5 Å². The van der Waals surface area contributed by atoms with Crippen molar-refractivity contribution in [2.24, 2.45) is 0 Å². The van der Waals surface area contributed by atoms with Crippen LogP contribution in [0.5, 0.6) is 5.75 Å². The van der Waals surface area contributed by atoms with Gasteiger partial charge in [-0.3, -0.25) is 0 Å². The summed E-state index contributed by atoms with van der Waals surface area (Å²) < 4.78 is 12.1. The molecule has 0 amide bonds. The van der Waals surface area contributed by atoms with E-state index in [0.29, 0.717) is 10.8 Å². The zero-order valence-electron chi connectivity index (χ0n) is 15.3. The lowest BCUT2D eigenvalue weighted by Crippen LogP contribution is -2.29. The predicted octanol–water partition coefficient (Wildman–Crippen LogP) is 4.09. The lowest BCUT2D eigenvalue weighted by atomic mass is 10.0. The molecule has 0 radical (unpaired) electrons. The number of aliphatic hydroxyl groups excluding tert-OH is 1. The highest BCUT2D eigenvalue weighted by molar-refractivity contribution is 7.13. The van der Waals surface area contributed by atoms with Crippen LogP contribution in [-0.4, -0.2) is 27.6 Å². The molecule has 2 heterocycles.